The summed E-state index contributed by atoms with van der Waals surface area (Å²) in [7, 11) is 1.57. The lowest BCUT2D eigenvalue weighted by molar-refractivity contribution is 0.134. The van der Waals surface area contributed by atoms with Gasteiger partial charge in [0.1, 0.15) is 0 Å². The number of unbranched alkanes of at least 4 members (excludes halogenated alkanes) is 2. The number of aromatic hydroxyl groups is 1. The largest absolute Gasteiger partial charge is 0.504 e. The van der Waals surface area contributed by atoms with E-state index in [1.807, 2.05) is 12.1 Å². The highest BCUT2D eigenvalue weighted by molar-refractivity contribution is 5.41. The van der Waals surface area contributed by atoms with Crippen LogP contribution in [0.5, 0.6) is 11.5 Å². The SMILES string of the molecule is CCCCCC(O)CC(CCc1ccc(O)c(OC)c1)NCC(C)C. The van der Waals surface area contributed by atoms with E-state index in [2.05, 4.69) is 26.1 Å². The standard InChI is InChI=1S/C21H37NO3/c1-5-6-7-8-19(23)14-18(22-15-16(2)3)11-9-17-10-12-20(24)21(13-17)25-4/h10,12-13,16,18-19,22-24H,5-9,11,14-15H2,1-4H3. The van der Waals surface area contributed by atoms with E-state index < -0.39 is 0 Å². The smallest absolute Gasteiger partial charge is 0.160 e. The number of phenolic OH excluding ortho intramolecular Hbond substituents is 1. The number of aryl methyl sites for hydroxylation is 1. The first kappa shape index (κ1) is 21.8. The normalized spacial score (nSPS) is 13.8. The maximum atomic E-state index is 10.3. The second-order valence-corrected chi connectivity index (χ2v) is 7.43. The number of benzene rings is 1. The molecule has 0 saturated heterocycles. The van der Waals surface area contributed by atoms with E-state index in [4.69, 9.17) is 4.74 Å². The van der Waals surface area contributed by atoms with Gasteiger partial charge in [-0.05, 0) is 55.8 Å². The van der Waals surface area contributed by atoms with Crippen molar-refractivity contribution in [1.82, 2.24) is 5.32 Å². The minimum Gasteiger partial charge on any atom is -0.504 e. The van der Waals surface area contributed by atoms with Crippen molar-refractivity contribution in [2.45, 2.75) is 77.9 Å². The van der Waals surface area contributed by atoms with Crippen LogP contribution in [-0.4, -0.2) is 36.0 Å². The summed E-state index contributed by atoms with van der Waals surface area (Å²) in [5, 5.41) is 23.7. The Hall–Kier alpha value is -1.26. The second-order valence-electron chi connectivity index (χ2n) is 7.43. The lowest BCUT2D eigenvalue weighted by Gasteiger charge is -2.23. The van der Waals surface area contributed by atoms with E-state index in [1.54, 1.807) is 13.2 Å². The molecule has 1 rings (SSSR count). The molecular formula is C21H37NO3. The Bertz CT molecular complexity index is 476. The second kappa shape index (κ2) is 12.2. The van der Waals surface area contributed by atoms with Crippen LogP contribution in [0.3, 0.4) is 0 Å². The molecule has 2 atom stereocenters. The molecule has 0 radical (unpaired) electrons. The van der Waals surface area contributed by atoms with Gasteiger partial charge in [0.15, 0.2) is 11.5 Å². The van der Waals surface area contributed by atoms with Crippen molar-refractivity contribution in [2.75, 3.05) is 13.7 Å². The highest BCUT2D eigenvalue weighted by Gasteiger charge is 2.15. The molecule has 144 valence electrons. The molecule has 0 fully saturated rings. The fourth-order valence-corrected chi connectivity index (χ4v) is 3.00. The van der Waals surface area contributed by atoms with Crippen molar-refractivity contribution in [3.8, 4) is 11.5 Å². The van der Waals surface area contributed by atoms with Gasteiger partial charge in [-0.1, -0.05) is 46.1 Å². The van der Waals surface area contributed by atoms with Gasteiger partial charge < -0.3 is 20.3 Å². The summed E-state index contributed by atoms with van der Waals surface area (Å²) in [6.07, 6.45) is 6.79. The number of hydrogen-bond donors (Lipinski definition) is 3. The van der Waals surface area contributed by atoms with Crippen molar-refractivity contribution >= 4 is 0 Å². The first-order valence-corrected chi connectivity index (χ1v) is 9.73. The molecule has 3 N–H and O–H groups in total. The molecule has 0 aliphatic carbocycles. The predicted octanol–water partition coefficient (Wildman–Crippen LogP) is 4.28. The Balaban J connectivity index is 2.57. The zero-order valence-electron chi connectivity index (χ0n) is 16.4. The number of ether oxygens (including phenoxy) is 1. The van der Waals surface area contributed by atoms with Crippen molar-refractivity contribution in [1.29, 1.82) is 0 Å². The van der Waals surface area contributed by atoms with E-state index in [-0.39, 0.29) is 11.9 Å². The molecule has 1 aromatic carbocycles. The molecule has 2 unspecified atom stereocenters. The fourth-order valence-electron chi connectivity index (χ4n) is 3.00. The van der Waals surface area contributed by atoms with Crippen molar-refractivity contribution in [3.63, 3.8) is 0 Å². The third kappa shape index (κ3) is 9.13. The Morgan fingerprint density at radius 3 is 2.56 bits per heavy atom. The van der Waals surface area contributed by atoms with Crippen molar-refractivity contribution in [2.24, 2.45) is 5.92 Å². The number of aliphatic hydroxyl groups excluding tert-OH is 1. The van der Waals surface area contributed by atoms with Gasteiger partial charge in [0, 0.05) is 6.04 Å². The first-order valence-electron chi connectivity index (χ1n) is 9.73. The van der Waals surface area contributed by atoms with E-state index in [1.165, 1.54) is 12.8 Å². The van der Waals surface area contributed by atoms with E-state index in [9.17, 15) is 10.2 Å². The summed E-state index contributed by atoms with van der Waals surface area (Å²) < 4.78 is 5.19. The number of hydrogen-bond acceptors (Lipinski definition) is 4. The summed E-state index contributed by atoms with van der Waals surface area (Å²) in [4.78, 5) is 0. The number of phenols is 1. The highest BCUT2D eigenvalue weighted by Crippen LogP contribution is 2.27. The molecule has 0 amide bonds. The summed E-state index contributed by atoms with van der Waals surface area (Å²) >= 11 is 0. The van der Waals surface area contributed by atoms with Crippen LogP contribution in [0, 0.1) is 5.92 Å². The third-order valence-electron chi connectivity index (χ3n) is 4.54. The molecule has 4 heteroatoms. The van der Waals surface area contributed by atoms with Crippen molar-refractivity contribution < 1.29 is 14.9 Å². The molecule has 1 aromatic rings. The predicted molar refractivity (Wildman–Crippen MR) is 104 cm³/mol. The zero-order valence-corrected chi connectivity index (χ0v) is 16.4. The molecular weight excluding hydrogens is 314 g/mol. The molecule has 0 aromatic heterocycles. The molecule has 0 heterocycles. The van der Waals surface area contributed by atoms with E-state index in [0.29, 0.717) is 17.7 Å². The Kier molecular flexibility index (Phi) is 10.6. The maximum absolute atomic E-state index is 10.3. The summed E-state index contributed by atoms with van der Waals surface area (Å²) in [5.41, 5.74) is 1.14. The Morgan fingerprint density at radius 1 is 1.16 bits per heavy atom. The van der Waals surface area contributed by atoms with Gasteiger partial charge in [0.05, 0.1) is 13.2 Å². The van der Waals surface area contributed by atoms with Crippen LogP contribution in [0.25, 0.3) is 0 Å². The topological polar surface area (TPSA) is 61.7 Å². The number of rotatable bonds is 13. The average molecular weight is 352 g/mol. The fraction of sp³-hybridized carbons (Fsp3) is 0.714. The lowest BCUT2D eigenvalue weighted by Crippen LogP contribution is -2.35. The molecule has 25 heavy (non-hydrogen) atoms. The minimum absolute atomic E-state index is 0.173. The van der Waals surface area contributed by atoms with Crippen LogP contribution >= 0.6 is 0 Å². The van der Waals surface area contributed by atoms with Crippen LogP contribution < -0.4 is 10.1 Å². The van der Waals surface area contributed by atoms with Crippen LogP contribution in [0.1, 0.15) is 64.9 Å². The van der Waals surface area contributed by atoms with E-state index >= 15 is 0 Å². The highest BCUT2D eigenvalue weighted by atomic mass is 16.5. The summed E-state index contributed by atoms with van der Waals surface area (Å²) in [5.74, 6) is 1.28. The van der Waals surface area contributed by atoms with Gasteiger partial charge >= 0.3 is 0 Å². The van der Waals surface area contributed by atoms with Crippen LogP contribution in [-0.2, 0) is 6.42 Å². The van der Waals surface area contributed by atoms with Gasteiger partial charge in [-0.25, -0.2) is 0 Å². The molecule has 0 aliphatic heterocycles. The molecule has 0 bridgehead atoms. The number of nitrogens with one attached hydrogen (secondary N) is 1. The quantitative estimate of drug-likeness (QED) is 0.464. The molecule has 0 spiro atoms. The average Bonchev–Trinajstić information content (AvgIpc) is 2.58. The number of methoxy groups -OCH3 is 1. The minimum atomic E-state index is -0.231. The maximum Gasteiger partial charge on any atom is 0.160 e. The third-order valence-corrected chi connectivity index (χ3v) is 4.54. The van der Waals surface area contributed by atoms with Gasteiger partial charge in [-0.3, -0.25) is 0 Å². The Morgan fingerprint density at radius 2 is 1.92 bits per heavy atom. The van der Waals surface area contributed by atoms with Crippen LogP contribution in [0.4, 0.5) is 0 Å². The Labute approximate surface area is 153 Å². The first-order chi connectivity index (χ1) is 12.0. The zero-order chi connectivity index (χ0) is 18.7. The van der Waals surface area contributed by atoms with Crippen molar-refractivity contribution in [3.05, 3.63) is 23.8 Å². The molecule has 0 aliphatic rings. The van der Waals surface area contributed by atoms with E-state index in [0.717, 1.165) is 44.2 Å². The van der Waals surface area contributed by atoms with Gasteiger partial charge in [-0.15, -0.1) is 0 Å². The van der Waals surface area contributed by atoms with Gasteiger partial charge in [-0.2, -0.15) is 0 Å². The monoisotopic (exact) mass is 351 g/mol. The van der Waals surface area contributed by atoms with Gasteiger partial charge in [0.2, 0.25) is 0 Å². The lowest BCUT2D eigenvalue weighted by atomic mass is 9.97. The molecule has 4 nitrogen and oxygen atoms in total. The van der Waals surface area contributed by atoms with Gasteiger partial charge in [0.25, 0.3) is 0 Å². The summed E-state index contributed by atoms with van der Waals surface area (Å²) in [6.45, 7) is 7.55. The van der Waals surface area contributed by atoms with Crippen LogP contribution in [0.15, 0.2) is 18.2 Å². The van der Waals surface area contributed by atoms with Crippen LogP contribution in [0.2, 0.25) is 0 Å². The summed E-state index contributed by atoms with van der Waals surface area (Å²) in [6, 6.07) is 5.82. The number of aliphatic hydroxyl groups is 1. The molecule has 0 saturated carbocycles.